The molecule has 0 bridgehead atoms. The van der Waals surface area contributed by atoms with E-state index in [-0.39, 0.29) is 17.4 Å². The van der Waals surface area contributed by atoms with Crippen LogP contribution < -0.4 is 11.1 Å². The van der Waals surface area contributed by atoms with Crippen LogP contribution in [0.2, 0.25) is 0 Å². The van der Waals surface area contributed by atoms with Gasteiger partial charge in [0.05, 0.1) is 11.8 Å². The van der Waals surface area contributed by atoms with E-state index in [1.165, 1.54) is 5.56 Å². The van der Waals surface area contributed by atoms with Gasteiger partial charge in [-0.2, -0.15) is 0 Å². The molecule has 2 aromatic carbocycles. The van der Waals surface area contributed by atoms with Gasteiger partial charge < -0.3 is 15.5 Å². The number of nitrogens with two attached hydrogens (primary N) is 1. The van der Waals surface area contributed by atoms with Gasteiger partial charge >= 0.3 is 0 Å². The summed E-state index contributed by atoms with van der Waals surface area (Å²) in [7, 11) is 0. The molecule has 1 aromatic heterocycles. The zero-order chi connectivity index (χ0) is 18.0. The van der Waals surface area contributed by atoms with E-state index in [0.717, 1.165) is 31.1 Å². The molecule has 0 aliphatic heterocycles. The van der Waals surface area contributed by atoms with Gasteiger partial charge in [-0.1, -0.05) is 42.5 Å². The van der Waals surface area contributed by atoms with E-state index in [0.29, 0.717) is 17.7 Å². The van der Waals surface area contributed by atoms with Crippen molar-refractivity contribution < 1.29 is 9.21 Å². The molecule has 3 N–H and O–H groups in total. The van der Waals surface area contributed by atoms with Crippen molar-refractivity contribution in [2.75, 3.05) is 6.54 Å². The Bertz CT molecular complexity index is 893. The fourth-order valence-corrected chi connectivity index (χ4v) is 4.07. The lowest BCUT2D eigenvalue weighted by atomic mass is 9.68. The smallest absolute Gasteiger partial charge is 0.255 e. The number of furan rings is 1. The second-order valence-electron chi connectivity index (χ2n) is 7.31. The number of nitrogens with one attached hydrogen (secondary N) is 1. The lowest BCUT2D eigenvalue weighted by Gasteiger charge is -2.40. The highest BCUT2D eigenvalue weighted by Gasteiger charge is 2.36. The van der Waals surface area contributed by atoms with E-state index in [1.54, 1.807) is 6.26 Å². The molecule has 134 valence electrons. The molecule has 4 nitrogen and oxygen atoms in total. The quantitative estimate of drug-likeness (QED) is 0.749. The summed E-state index contributed by atoms with van der Waals surface area (Å²) in [6, 6.07) is 18.3. The first kappa shape index (κ1) is 16.9. The van der Waals surface area contributed by atoms with Crippen LogP contribution >= 0.6 is 0 Å². The number of carbonyl (C=O) groups is 1. The van der Waals surface area contributed by atoms with Gasteiger partial charge in [-0.3, -0.25) is 4.79 Å². The SMILES string of the molecule is N[C@H]1CC[C@@](CNC(=O)c2cccc3ccoc23)(c2ccccc2)CC1. The summed E-state index contributed by atoms with van der Waals surface area (Å²) in [5, 5.41) is 4.11. The first-order valence-electron chi connectivity index (χ1n) is 9.23. The van der Waals surface area contributed by atoms with Crippen molar-refractivity contribution in [1.82, 2.24) is 5.32 Å². The Morgan fingerprint density at radius 3 is 2.62 bits per heavy atom. The molecule has 0 radical (unpaired) electrons. The fourth-order valence-electron chi connectivity index (χ4n) is 4.07. The van der Waals surface area contributed by atoms with Crippen LogP contribution in [0.4, 0.5) is 0 Å². The molecule has 1 amide bonds. The van der Waals surface area contributed by atoms with E-state index >= 15 is 0 Å². The molecule has 0 spiro atoms. The number of fused-ring (bicyclic) bond motifs is 1. The molecular formula is C22H24N2O2. The summed E-state index contributed by atoms with van der Waals surface area (Å²) in [5.41, 5.74) is 8.59. The molecule has 4 rings (SSSR count). The summed E-state index contributed by atoms with van der Waals surface area (Å²) in [5.74, 6) is -0.0873. The Labute approximate surface area is 153 Å². The number of hydrogen-bond acceptors (Lipinski definition) is 3. The van der Waals surface area contributed by atoms with Crippen LogP contribution in [0.25, 0.3) is 11.0 Å². The third-order valence-corrected chi connectivity index (χ3v) is 5.68. The van der Waals surface area contributed by atoms with E-state index in [4.69, 9.17) is 10.2 Å². The standard InChI is InChI=1S/C22H24N2O2/c23-18-9-12-22(13-10-18,17-6-2-1-3-7-17)15-24-21(25)19-8-4-5-16-11-14-26-20(16)19/h1-8,11,14,18H,9-10,12-13,15,23H2,(H,24,25)/t18-,22+. The average Bonchev–Trinajstić information content (AvgIpc) is 3.17. The molecule has 1 saturated carbocycles. The van der Waals surface area contributed by atoms with Crippen molar-refractivity contribution in [1.29, 1.82) is 0 Å². The minimum atomic E-state index is -0.0873. The van der Waals surface area contributed by atoms with E-state index < -0.39 is 0 Å². The van der Waals surface area contributed by atoms with Crippen molar-refractivity contribution in [3.05, 3.63) is 72.0 Å². The van der Waals surface area contributed by atoms with E-state index in [1.807, 2.05) is 30.3 Å². The highest BCUT2D eigenvalue weighted by molar-refractivity contribution is 6.04. The normalized spacial score (nSPS) is 23.0. The zero-order valence-electron chi connectivity index (χ0n) is 14.8. The monoisotopic (exact) mass is 348 g/mol. The Hall–Kier alpha value is -2.59. The molecule has 0 unspecified atom stereocenters. The second kappa shape index (κ2) is 6.96. The van der Waals surface area contributed by atoms with Gasteiger partial charge in [-0.25, -0.2) is 0 Å². The molecule has 0 atom stereocenters. The fraction of sp³-hybridized carbons (Fsp3) is 0.318. The van der Waals surface area contributed by atoms with Gasteiger partial charge in [0.1, 0.15) is 5.58 Å². The van der Waals surface area contributed by atoms with Crippen molar-refractivity contribution in [2.24, 2.45) is 5.73 Å². The summed E-state index contributed by atoms with van der Waals surface area (Å²) in [6.45, 7) is 0.611. The number of carbonyl (C=O) groups excluding carboxylic acids is 1. The van der Waals surface area contributed by atoms with Crippen LogP contribution in [-0.2, 0) is 5.41 Å². The molecule has 4 heteroatoms. The molecule has 0 saturated heterocycles. The summed E-state index contributed by atoms with van der Waals surface area (Å²) >= 11 is 0. The van der Waals surface area contributed by atoms with Crippen molar-refractivity contribution in [3.8, 4) is 0 Å². The first-order valence-corrected chi connectivity index (χ1v) is 9.23. The van der Waals surface area contributed by atoms with Gasteiger partial charge in [0, 0.05) is 23.4 Å². The van der Waals surface area contributed by atoms with Gasteiger partial charge in [0.15, 0.2) is 0 Å². The topological polar surface area (TPSA) is 68.3 Å². The summed E-state index contributed by atoms with van der Waals surface area (Å²) in [4.78, 5) is 12.8. The Morgan fingerprint density at radius 1 is 1.08 bits per heavy atom. The first-order chi connectivity index (χ1) is 12.7. The van der Waals surface area contributed by atoms with E-state index in [2.05, 4.69) is 29.6 Å². The minimum Gasteiger partial charge on any atom is -0.464 e. The Balaban J connectivity index is 1.57. The maximum Gasteiger partial charge on any atom is 0.255 e. The van der Waals surface area contributed by atoms with Crippen molar-refractivity contribution >= 4 is 16.9 Å². The number of benzene rings is 2. The predicted molar refractivity (Wildman–Crippen MR) is 103 cm³/mol. The zero-order valence-corrected chi connectivity index (χ0v) is 14.8. The second-order valence-corrected chi connectivity index (χ2v) is 7.31. The number of para-hydroxylation sites is 1. The van der Waals surface area contributed by atoms with Crippen molar-refractivity contribution in [2.45, 2.75) is 37.1 Å². The highest BCUT2D eigenvalue weighted by Crippen LogP contribution is 2.38. The molecule has 1 aliphatic rings. The summed E-state index contributed by atoms with van der Waals surface area (Å²) < 4.78 is 5.51. The Morgan fingerprint density at radius 2 is 1.85 bits per heavy atom. The molecular weight excluding hydrogens is 324 g/mol. The molecule has 1 aliphatic carbocycles. The van der Waals surface area contributed by atoms with Crippen LogP contribution in [-0.4, -0.2) is 18.5 Å². The maximum atomic E-state index is 12.8. The van der Waals surface area contributed by atoms with Gasteiger partial charge in [0.2, 0.25) is 0 Å². The molecule has 3 aromatic rings. The maximum absolute atomic E-state index is 12.8. The average molecular weight is 348 g/mol. The van der Waals surface area contributed by atoms with Crippen molar-refractivity contribution in [3.63, 3.8) is 0 Å². The van der Waals surface area contributed by atoms with Crippen LogP contribution in [0, 0.1) is 0 Å². The van der Waals surface area contributed by atoms with Gasteiger partial charge in [-0.15, -0.1) is 0 Å². The van der Waals surface area contributed by atoms with Crippen LogP contribution in [0.5, 0.6) is 0 Å². The highest BCUT2D eigenvalue weighted by atomic mass is 16.3. The van der Waals surface area contributed by atoms with Gasteiger partial charge in [0.25, 0.3) is 5.91 Å². The third kappa shape index (κ3) is 3.13. The lowest BCUT2D eigenvalue weighted by molar-refractivity contribution is 0.0936. The molecule has 1 heterocycles. The van der Waals surface area contributed by atoms with Crippen LogP contribution in [0.15, 0.2) is 65.3 Å². The van der Waals surface area contributed by atoms with Crippen LogP contribution in [0.3, 0.4) is 0 Å². The number of amides is 1. The lowest BCUT2D eigenvalue weighted by Crippen LogP contribution is -2.45. The van der Waals surface area contributed by atoms with Crippen LogP contribution in [0.1, 0.15) is 41.6 Å². The molecule has 26 heavy (non-hydrogen) atoms. The van der Waals surface area contributed by atoms with E-state index in [9.17, 15) is 4.79 Å². The third-order valence-electron chi connectivity index (χ3n) is 5.68. The number of rotatable bonds is 4. The minimum absolute atomic E-state index is 0.0517. The van der Waals surface area contributed by atoms with Gasteiger partial charge in [-0.05, 0) is 43.4 Å². The largest absolute Gasteiger partial charge is 0.464 e. The summed E-state index contributed by atoms with van der Waals surface area (Å²) in [6.07, 6.45) is 5.57. The molecule has 1 fully saturated rings. The Kier molecular flexibility index (Phi) is 4.51. The number of hydrogen-bond donors (Lipinski definition) is 2. The predicted octanol–water partition coefficient (Wildman–Crippen LogP) is 4.00.